The molecule has 0 aliphatic carbocycles. The Kier molecular flexibility index (Phi) is 5.32. The summed E-state index contributed by atoms with van der Waals surface area (Å²) in [6, 6.07) is 11.0. The minimum absolute atomic E-state index is 0.0476. The minimum Gasteiger partial charge on any atom is -0.504 e. The fourth-order valence-electron chi connectivity index (χ4n) is 3.06. The van der Waals surface area contributed by atoms with Crippen LogP contribution in [0.2, 0.25) is 10.0 Å². The number of ether oxygens (including phenoxy) is 1. The summed E-state index contributed by atoms with van der Waals surface area (Å²) in [6.45, 7) is 0.137. The van der Waals surface area contributed by atoms with Gasteiger partial charge in [-0.1, -0.05) is 35.3 Å². The van der Waals surface area contributed by atoms with E-state index in [1.807, 2.05) is 0 Å². The molecule has 0 saturated heterocycles. The fourth-order valence-corrected chi connectivity index (χ4v) is 3.35. The average molecular weight is 433 g/mol. The summed E-state index contributed by atoms with van der Waals surface area (Å²) < 4.78 is 20.1. The molecule has 4 aromatic rings. The number of halogens is 3. The van der Waals surface area contributed by atoms with Crippen molar-refractivity contribution in [2.45, 2.75) is 12.7 Å². The molecule has 5 nitrogen and oxygen atoms in total. The van der Waals surface area contributed by atoms with Gasteiger partial charge < -0.3 is 19.9 Å². The van der Waals surface area contributed by atoms with Gasteiger partial charge in [0, 0.05) is 28.4 Å². The zero-order chi connectivity index (χ0) is 20.5. The van der Waals surface area contributed by atoms with E-state index in [2.05, 4.69) is 9.97 Å². The molecular formula is C21H15Cl2FN2O3. The van der Waals surface area contributed by atoms with E-state index in [1.54, 1.807) is 30.3 Å². The minimum atomic E-state index is -1.46. The summed E-state index contributed by atoms with van der Waals surface area (Å²) in [5.74, 6) is -1.19. The molecule has 1 unspecified atom stereocenters. The molecule has 8 heteroatoms. The summed E-state index contributed by atoms with van der Waals surface area (Å²) in [6.07, 6.45) is 1.50. The lowest BCUT2D eigenvalue weighted by atomic mass is 9.99. The Balaban J connectivity index is 1.66. The number of aliphatic hydroxyl groups excluding tert-OH is 1. The summed E-state index contributed by atoms with van der Waals surface area (Å²) in [4.78, 5) is 7.02. The Morgan fingerprint density at radius 1 is 1.10 bits per heavy atom. The monoisotopic (exact) mass is 432 g/mol. The molecule has 2 aromatic carbocycles. The van der Waals surface area contributed by atoms with Gasteiger partial charge in [-0.3, -0.25) is 0 Å². The van der Waals surface area contributed by atoms with Crippen LogP contribution in [0.15, 0.2) is 54.9 Å². The maximum absolute atomic E-state index is 14.5. The summed E-state index contributed by atoms with van der Waals surface area (Å²) in [5, 5.41) is 22.9. The lowest BCUT2D eigenvalue weighted by Crippen LogP contribution is -2.05. The van der Waals surface area contributed by atoms with Crippen molar-refractivity contribution in [1.82, 2.24) is 9.97 Å². The summed E-state index contributed by atoms with van der Waals surface area (Å²) in [7, 11) is 0. The smallest absolute Gasteiger partial charge is 0.166 e. The molecule has 2 heterocycles. The maximum atomic E-state index is 14.5. The quantitative estimate of drug-likeness (QED) is 0.395. The molecule has 148 valence electrons. The highest BCUT2D eigenvalue weighted by Gasteiger charge is 2.25. The van der Waals surface area contributed by atoms with Crippen molar-refractivity contribution in [3.8, 4) is 11.5 Å². The lowest BCUT2D eigenvalue weighted by Gasteiger charge is -2.16. The van der Waals surface area contributed by atoms with Crippen molar-refractivity contribution in [3.63, 3.8) is 0 Å². The number of aromatic amines is 1. The van der Waals surface area contributed by atoms with Crippen LogP contribution in [0.1, 0.15) is 22.8 Å². The molecule has 2 aromatic heterocycles. The first-order valence-corrected chi connectivity index (χ1v) is 9.39. The molecule has 0 saturated carbocycles. The zero-order valence-corrected chi connectivity index (χ0v) is 16.4. The molecule has 0 bridgehead atoms. The number of nitrogens with zero attached hydrogens (tertiary/aromatic N) is 1. The van der Waals surface area contributed by atoms with Crippen molar-refractivity contribution in [2.75, 3.05) is 0 Å². The van der Waals surface area contributed by atoms with Crippen molar-refractivity contribution in [1.29, 1.82) is 0 Å². The van der Waals surface area contributed by atoms with Crippen LogP contribution in [0.25, 0.3) is 11.0 Å². The third kappa shape index (κ3) is 3.87. The van der Waals surface area contributed by atoms with Crippen LogP contribution in [0.3, 0.4) is 0 Å². The number of hydrogen-bond donors (Lipinski definition) is 3. The predicted octanol–water partition coefficient (Wildman–Crippen LogP) is 5.38. The largest absolute Gasteiger partial charge is 0.504 e. The average Bonchev–Trinajstić information content (AvgIpc) is 3.11. The van der Waals surface area contributed by atoms with Gasteiger partial charge in [0.2, 0.25) is 0 Å². The number of nitrogens with one attached hydrogen (secondary N) is 1. The van der Waals surface area contributed by atoms with Gasteiger partial charge in [-0.05, 0) is 35.9 Å². The molecule has 0 fully saturated rings. The van der Waals surface area contributed by atoms with Crippen molar-refractivity contribution in [2.24, 2.45) is 0 Å². The number of aliphatic hydroxyl groups is 1. The van der Waals surface area contributed by atoms with Crippen LogP contribution in [0, 0.1) is 5.82 Å². The van der Waals surface area contributed by atoms with Gasteiger partial charge in [-0.25, -0.2) is 9.37 Å². The van der Waals surface area contributed by atoms with Gasteiger partial charge >= 0.3 is 0 Å². The SMILES string of the molecule is Oc1c(OCc2ccc(Cl)cc2)ccc(F)c1C(O)c1c[nH]c2ncc(Cl)cc12. The van der Waals surface area contributed by atoms with Gasteiger partial charge in [0.25, 0.3) is 0 Å². The first-order valence-electron chi connectivity index (χ1n) is 8.63. The summed E-state index contributed by atoms with van der Waals surface area (Å²) in [5.41, 5.74) is 1.34. The normalized spacial score (nSPS) is 12.3. The first-order chi connectivity index (χ1) is 13.9. The van der Waals surface area contributed by atoms with Crippen molar-refractivity contribution >= 4 is 34.2 Å². The second-order valence-corrected chi connectivity index (χ2v) is 7.29. The van der Waals surface area contributed by atoms with Crippen LogP contribution in [-0.4, -0.2) is 20.2 Å². The molecule has 3 N–H and O–H groups in total. The van der Waals surface area contributed by atoms with E-state index in [0.717, 1.165) is 11.6 Å². The Morgan fingerprint density at radius 2 is 1.86 bits per heavy atom. The molecule has 0 aliphatic heterocycles. The van der Waals surface area contributed by atoms with Crippen LogP contribution < -0.4 is 4.74 Å². The molecular weight excluding hydrogens is 418 g/mol. The Morgan fingerprint density at radius 3 is 2.62 bits per heavy atom. The maximum Gasteiger partial charge on any atom is 0.166 e. The molecule has 0 radical (unpaired) electrons. The number of benzene rings is 2. The van der Waals surface area contributed by atoms with Gasteiger partial charge in [0.05, 0.1) is 10.6 Å². The molecule has 4 rings (SSSR count). The summed E-state index contributed by atoms with van der Waals surface area (Å²) >= 11 is 11.8. The van der Waals surface area contributed by atoms with Crippen molar-refractivity contribution < 1.29 is 19.3 Å². The number of fused-ring (bicyclic) bond motifs is 1. The van der Waals surface area contributed by atoms with Crippen LogP contribution >= 0.6 is 23.2 Å². The van der Waals surface area contributed by atoms with Crippen LogP contribution in [0.4, 0.5) is 4.39 Å². The molecule has 1 atom stereocenters. The van der Waals surface area contributed by atoms with E-state index in [-0.39, 0.29) is 17.9 Å². The van der Waals surface area contributed by atoms with Gasteiger partial charge in [0.15, 0.2) is 11.5 Å². The second kappa shape index (κ2) is 7.91. The number of rotatable bonds is 5. The van der Waals surface area contributed by atoms with E-state index < -0.39 is 17.7 Å². The van der Waals surface area contributed by atoms with E-state index in [0.29, 0.717) is 26.6 Å². The molecule has 29 heavy (non-hydrogen) atoms. The molecule has 0 spiro atoms. The van der Waals surface area contributed by atoms with E-state index >= 15 is 0 Å². The lowest BCUT2D eigenvalue weighted by molar-refractivity contribution is 0.207. The van der Waals surface area contributed by atoms with Gasteiger partial charge in [-0.15, -0.1) is 0 Å². The van der Waals surface area contributed by atoms with Gasteiger partial charge in [-0.2, -0.15) is 0 Å². The number of H-pyrrole nitrogens is 1. The second-order valence-electron chi connectivity index (χ2n) is 6.42. The van der Waals surface area contributed by atoms with E-state index in [4.69, 9.17) is 27.9 Å². The number of aromatic hydroxyl groups is 1. The Hall–Kier alpha value is -2.80. The van der Waals surface area contributed by atoms with Crippen molar-refractivity contribution in [3.05, 3.63) is 87.4 Å². The first kappa shape index (κ1) is 19.5. The zero-order valence-electron chi connectivity index (χ0n) is 14.9. The molecule has 0 amide bonds. The number of pyridine rings is 1. The number of phenolic OH excluding ortho intramolecular Hbond substituents is 1. The number of aromatic nitrogens is 2. The standard InChI is InChI=1S/C21H15Cl2FN2O3/c22-12-3-1-11(2-4-12)10-29-17-6-5-16(24)18(20(17)28)19(27)15-9-26-21-14(15)7-13(23)8-25-21/h1-9,19,27-28H,10H2,(H,25,26). The predicted molar refractivity (Wildman–Crippen MR) is 109 cm³/mol. The highest BCUT2D eigenvalue weighted by Crippen LogP contribution is 2.40. The number of hydrogen-bond acceptors (Lipinski definition) is 4. The third-order valence-corrected chi connectivity index (χ3v) is 4.99. The topological polar surface area (TPSA) is 78.4 Å². The Labute approximate surface area is 175 Å². The molecule has 0 aliphatic rings. The van der Waals surface area contributed by atoms with E-state index in [9.17, 15) is 14.6 Å². The van der Waals surface area contributed by atoms with Crippen LogP contribution in [0.5, 0.6) is 11.5 Å². The van der Waals surface area contributed by atoms with E-state index in [1.165, 1.54) is 18.5 Å². The fraction of sp³-hybridized carbons (Fsp3) is 0.0952. The number of phenols is 1. The van der Waals surface area contributed by atoms with Crippen LogP contribution in [-0.2, 0) is 6.61 Å². The Bertz CT molecular complexity index is 1180. The van der Waals surface area contributed by atoms with Gasteiger partial charge in [0.1, 0.15) is 24.2 Å². The highest BCUT2D eigenvalue weighted by atomic mass is 35.5. The third-order valence-electron chi connectivity index (χ3n) is 4.53. The highest BCUT2D eigenvalue weighted by molar-refractivity contribution is 6.31.